The lowest BCUT2D eigenvalue weighted by molar-refractivity contribution is -0.184. The number of aryl methyl sites for hydroxylation is 2. The smallest absolute Gasteiger partial charge is 0.281 e. The maximum absolute atomic E-state index is 14.4. The Balaban J connectivity index is 1.04. The third kappa shape index (κ3) is 9.26. The third-order valence-electron chi connectivity index (χ3n) is 15.9. The van der Waals surface area contributed by atoms with Crippen LogP contribution in [0.3, 0.4) is 0 Å². The molecule has 0 radical (unpaired) electrons. The highest BCUT2D eigenvalue weighted by Gasteiger charge is 2.56. The number of rotatable bonds is 12. The summed E-state index contributed by atoms with van der Waals surface area (Å²) < 4.78 is 77.6. The van der Waals surface area contributed by atoms with Gasteiger partial charge in [0.2, 0.25) is 0 Å². The van der Waals surface area contributed by atoms with Gasteiger partial charge in [-0.05, 0) is 118 Å². The van der Waals surface area contributed by atoms with Gasteiger partial charge in [0.05, 0.1) is 18.3 Å². The number of ether oxygens (including phenoxy) is 2. The molecule has 6 heterocycles. The molecule has 16 heteroatoms. The van der Waals surface area contributed by atoms with E-state index in [-0.39, 0.29) is 29.9 Å². The topological polar surface area (TPSA) is 178 Å². The van der Waals surface area contributed by atoms with Gasteiger partial charge in [-0.1, -0.05) is 61.0 Å². The van der Waals surface area contributed by atoms with Gasteiger partial charge in [-0.3, -0.25) is 5.32 Å². The standard InChI is InChI=1S/C49H70N6O8S2/c1-34-12-14-42-41(45(34)56)21-30-62-48(42)51-47(38-17-26-54(27-18-38)65(60,61)53-24-15-37(16-25-53)31-36-9-5-3-6-10-36)49(32-43-40(44(33-50)63-49)13-11-35(2)46(43)57)39-19-28-55(29-20-39)64(58,59)52-22-7-4-8-23-52/h3,5-6,9-14,37-39,44,47-48,51,56-57H,4,7-8,15-33,50H2,1-2H3/t44-,47?,48?,49-/m0/s1. The van der Waals surface area contributed by atoms with Crippen molar-refractivity contribution < 1.29 is 36.5 Å². The number of hydrogen-bond acceptors (Lipinski definition) is 10. The Morgan fingerprint density at radius 2 is 1.26 bits per heavy atom. The first-order chi connectivity index (χ1) is 31.3. The van der Waals surface area contributed by atoms with Gasteiger partial charge in [0.1, 0.15) is 17.7 Å². The molecule has 6 aliphatic heterocycles. The molecule has 0 spiro atoms. The second-order valence-electron chi connectivity index (χ2n) is 19.6. The van der Waals surface area contributed by atoms with Crippen LogP contribution in [0.1, 0.15) is 109 Å². The van der Waals surface area contributed by atoms with E-state index in [1.807, 2.05) is 44.2 Å². The Morgan fingerprint density at radius 3 is 1.88 bits per heavy atom. The van der Waals surface area contributed by atoms with E-state index in [4.69, 9.17) is 15.2 Å². The summed E-state index contributed by atoms with van der Waals surface area (Å²) >= 11 is 0. The number of benzene rings is 3. The van der Waals surface area contributed by atoms with Crippen LogP contribution in [0.25, 0.3) is 0 Å². The number of aromatic hydroxyl groups is 2. The number of fused-ring (bicyclic) bond motifs is 2. The minimum Gasteiger partial charge on any atom is -0.507 e. The highest BCUT2D eigenvalue weighted by molar-refractivity contribution is 7.87. The first kappa shape index (κ1) is 46.9. The number of piperidine rings is 4. The lowest BCUT2D eigenvalue weighted by Gasteiger charge is -2.56. The molecule has 14 nitrogen and oxygen atoms in total. The van der Waals surface area contributed by atoms with Crippen molar-refractivity contribution in [3.05, 3.63) is 93.5 Å². The predicted molar refractivity (Wildman–Crippen MR) is 251 cm³/mol. The fourth-order valence-electron chi connectivity index (χ4n) is 12.1. The molecule has 0 aromatic heterocycles. The van der Waals surface area contributed by atoms with Crippen LogP contribution in [0.2, 0.25) is 0 Å². The van der Waals surface area contributed by atoms with E-state index >= 15 is 0 Å². The van der Waals surface area contributed by atoms with Crippen LogP contribution in [0.15, 0.2) is 54.6 Å². The Morgan fingerprint density at radius 1 is 0.708 bits per heavy atom. The van der Waals surface area contributed by atoms with Crippen LogP contribution in [0.5, 0.6) is 11.5 Å². The molecule has 4 saturated heterocycles. The van der Waals surface area contributed by atoms with E-state index in [1.54, 1.807) is 17.2 Å². The number of phenols is 2. The van der Waals surface area contributed by atoms with Gasteiger partial charge in [0.15, 0.2) is 0 Å². The van der Waals surface area contributed by atoms with E-state index in [0.717, 1.165) is 71.9 Å². The van der Waals surface area contributed by atoms with Gasteiger partial charge < -0.3 is 25.4 Å². The number of nitrogens with zero attached hydrogens (tertiary/aromatic N) is 4. The molecule has 6 aliphatic rings. The van der Waals surface area contributed by atoms with Crippen molar-refractivity contribution in [3.8, 4) is 11.5 Å². The predicted octanol–water partition coefficient (Wildman–Crippen LogP) is 5.61. The van der Waals surface area contributed by atoms with Crippen LogP contribution in [-0.4, -0.2) is 121 Å². The maximum atomic E-state index is 14.4. The molecule has 65 heavy (non-hydrogen) atoms. The van der Waals surface area contributed by atoms with Crippen LogP contribution in [0.4, 0.5) is 0 Å². The molecule has 9 rings (SSSR count). The minimum absolute atomic E-state index is 0.104. The highest BCUT2D eigenvalue weighted by atomic mass is 32.2. The normalized spacial score (nSPS) is 27.0. The summed E-state index contributed by atoms with van der Waals surface area (Å²) in [6, 6.07) is 17.8. The summed E-state index contributed by atoms with van der Waals surface area (Å²) in [5, 5.41) is 27.1. The lowest BCUT2D eigenvalue weighted by Crippen LogP contribution is -2.66. The SMILES string of the molecule is Cc1ccc2c(c1O)CCOC2NC(C1CCN(S(=O)(=O)N2CCC(Cc3ccccc3)CC2)CC1)[C@@]1(C2CCN(S(=O)(=O)N3CCCCC3)CC2)Cc2c(ccc(C)c2O)[C@H](CN)O1. The Labute approximate surface area is 386 Å². The fraction of sp³-hybridized carbons (Fsp3) is 0.633. The van der Waals surface area contributed by atoms with Crippen molar-refractivity contribution in [1.29, 1.82) is 0 Å². The molecule has 2 unspecified atom stereocenters. The van der Waals surface area contributed by atoms with E-state index in [2.05, 4.69) is 29.6 Å². The molecular weight excluding hydrogens is 865 g/mol. The fourth-order valence-corrected chi connectivity index (χ4v) is 15.5. The molecule has 5 N–H and O–H groups in total. The van der Waals surface area contributed by atoms with Gasteiger partial charge in [-0.25, -0.2) is 0 Å². The number of nitrogens with two attached hydrogens (primary N) is 1. The van der Waals surface area contributed by atoms with Crippen LogP contribution in [0, 0.1) is 31.6 Å². The lowest BCUT2D eigenvalue weighted by atomic mass is 9.65. The van der Waals surface area contributed by atoms with Crippen molar-refractivity contribution in [3.63, 3.8) is 0 Å². The molecule has 0 aliphatic carbocycles. The van der Waals surface area contributed by atoms with Gasteiger partial charge >= 0.3 is 0 Å². The largest absolute Gasteiger partial charge is 0.507 e. The second-order valence-corrected chi connectivity index (χ2v) is 23.5. The average Bonchev–Trinajstić information content (AvgIpc) is 3.33. The quantitative estimate of drug-likeness (QED) is 0.179. The molecule has 0 saturated carbocycles. The Bertz CT molecular complexity index is 2360. The highest BCUT2D eigenvalue weighted by Crippen LogP contribution is 2.51. The van der Waals surface area contributed by atoms with Crippen LogP contribution >= 0.6 is 0 Å². The second kappa shape index (κ2) is 19.4. The summed E-state index contributed by atoms with van der Waals surface area (Å²) in [5.41, 5.74) is 11.8. The number of hydrogen-bond donors (Lipinski definition) is 4. The van der Waals surface area contributed by atoms with E-state index in [9.17, 15) is 27.0 Å². The van der Waals surface area contributed by atoms with Gasteiger partial charge in [-0.2, -0.15) is 34.1 Å². The average molecular weight is 935 g/mol. The Kier molecular flexibility index (Phi) is 14.0. The molecule has 0 bridgehead atoms. The molecule has 4 fully saturated rings. The third-order valence-corrected chi connectivity index (χ3v) is 19.9. The first-order valence-electron chi connectivity index (χ1n) is 24.2. The summed E-state index contributed by atoms with van der Waals surface area (Å²) in [6.45, 7) is 7.75. The van der Waals surface area contributed by atoms with E-state index in [0.29, 0.717) is 103 Å². The molecule has 3 aromatic rings. The maximum Gasteiger partial charge on any atom is 0.281 e. The summed E-state index contributed by atoms with van der Waals surface area (Å²) in [7, 11) is -7.36. The van der Waals surface area contributed by atoms with Crippen molar-refractivity contribution in [2.75, 3.05) is 65.5 Å². The summed E-state index contributed by atoms with van der Waals surface area (Å²) in [5.74, 6) is 0.649. The summed E-state index contributed by atoms with van der Waals surface area (Å²) in [4.78, 5) is 0. The number of nitrogens with one attached hydrogen (secondary N) is 1. The molecule has 3 aromatic carbocycles. The van der Waals surface area contributed by atoms with Gasteiger partial charge in [-0.15, -0.1) is 0 Å². The zero-order valence-corrected chi connectivity index (χ0v) is 39.9. The molecular formula is C49H70N6O8S2. The van der Waals surface area contributed by atoms with E-state index < -0.39 is 44.4 Å². The van der Waals surface area contributed by atoms with Crippen molar-refractivity contribution in [2.45, 2.75) is 115 Å². The Hall–Kier alpha value is -3.16. The first-order valence-corrected chi connectivity index (χ1v) is 27.0. The number of phenolic OH excluding ortho intramolecular Hbond substituents is 2. The molecule has 4 atom stereocenters. The zero-order valence-electron chi connectivity index (χ0n) is 38.2. The van der Waals surface area contributed by atoms with Crippen molar-refractivity contribution in [1.82, 2.24) is 22.5 Å². The van der Waals surface area contributed by atoms with Crippen LogP contribution < -0.4 is 11.1 Å². The van der Waals surface area contributed by atoms with E-state index in [1.165, 1.54) is 5.56 Å². The minimum atomic E-state index is -3.71. The van der Waals surface area contributed by atoms with Gasteiger partial charge in [0, 0.05) is 88.1 Å². The summed E-state index contributed by atoms with van der Waals surface area (Å²) in [6.07, 6.45) is 7.25. The van der Waals surface area contributed by atoms with Gasteiger partial charge in [0.25, 0.3) is 20.4 Å². The molecule has 356 valence electrons. The van der Waals surface area contributed by atoms with Crippen molar-refractivity contribution >= 4 is 20.4 Å². The molecule has 0 amide bonds. The monoisotopic (exact) mass is 934 g/mol. The zero-order chi connectivity index (χ0) is 45.5. The van der Waals surface area contributed by atoms with Crippen molar-refractivity contribution in [2.24, 2.45) is 23.5 Å². The van der Waals surface area contributed by atoms with Crippen LogP contribution in [-0.2, 0) is 49.2 Å².